The zero-order chi connectivity index (χ0) is 15.6. The van der Waals surface area contributed by atoms with Crippen molar-refractivity contribution in [2.24, 2.45) is 5.14 Å². The molecule has 3 N–H and O–H groups in total. The lowest BCUT2D eigenvalue weighted by molar-refractivity contribution is 0.0950. The van der Waals surface area contributed by atoms with Crippen molar-refractivity contribution in [3.05, 3.63) is 51.5 Å². The number of hydrogen-bond donors (Lipinski definition) is 2. The molecular weight excluding hydrogens is 315 g/mol. The molecule has 0 atom stereocenters. The van der Waals surface area contributed by atoms with E-state index in [1.807, 2.05) is 18.4 Å². The number of halogens is 1. The monoisotopic (exact) mass is 328 g/mol. The van der Waals surface area contributed by atoms with Crippen molar-refractivity contribution in [2.75, 3.05) is 0 Å². The fourth-order valence-electron chi connectivity index (χ4n) is 1.72. The van der Waals surface area contributed by atoms with Gasteiger partial charge in [0.25, 0.3) is 5.91 Å². The molecule has 0 bridgehead atoms. The van der Waals surface area contributed by atoms with Gasteiger partial charge in [0.15, 0.2) is 0 Å². The van der Waals surface area contributed by atoms with E-state index < -0.39 is 26.6 Å². The van der Waals surface area contributed by atoms with Gasteiger partial charge >= 0.3 is 0 Å². The van der Waals surface area contributed by atoms with E-state index in [4.69, 9.17) is 5.14 Å². The first-order valence-electron chi connectivity index (χ1n) is 5.92. The van der Waals surface area contributed by atoms with Crippen molar-refractivity contribution in [1.29, 1.82) is 0 Å². The zero-order valence-electron chi connectivity index (χ0n) is 11.1. The number of carbonyl (C=O) groups excluding carboxylic acids is 1. The highest BCUT2D eigenvalue weighted by atomic mass is 32.2. The minimum Gasteiger partial charge on any atom is -0.347 e. The summed E-state index contributed by atoms with van der Waals surface area (Å²) in [7, 11) is -4.13. The number of carbonyl (C=O) groups is 1. The molecule has 21 heavy (non-hydrogen) atoms. The van der Waals surface area contributed by atoms with Crippen LogP contribution in [-0.2, 0) is 16.6 Å². The number of hydrogen-bond acceptors (Lipinski definition) is 4. The van der Waals surface area contributed by atoms with E-state index in [2.05, 4.69) is 5.32 Å². The van der Waals surface area contributed by atoms with Gasteiger partial charge in [0.1, 0.15) is 10.7 Å². The summed E-state index contributed by atoms with van der Waals surface area (Å²) in [5.74, 6) is -1.53. The van der Waals surface area contributed by atoms with Crippen LogP contribution in [0.3, 0.4) is 0 Å². The molecule has 1 aromatic carbocycles. The molecule has 1 aromatic heterocycles. The van der Waals surface area contributed by atoms with E-state index in [-0.39, 0.29) is 5.56 Å². The van der Waals surface area contributed by atoms with Crippen molar-refractivity contribution in [3.8, 4) is 0 Å². The molecule has 0 aliphatic heterocycles. The topological polar surface area (TPSA) is 89.3 Å². The molecule has 1 heterocycles. The highest BCUT2D eigenvalue weighted by Crippen LogP contribution is 2.17. The molecule has 0 radical (unpaired) electrons. The highest BCUT2D eigenvalue weighted by molar-refractivity contribution is 7.89. The van der Waals surface area contributed by atoms with Gasteiger partial charge in [-0.05, 0) is 42.1 Å². The molecule has 0 aliphatic rings. The van der Waals surface area contributed by atoms with Gasteiger partial charge in [0, 0.05) is 10.4 Å². The predicted octanol–water partition coefficient (Wildman–Crippen LogP) is 1.77. The maximum absolute atomic E-state index is 13.6. The first-order chi connectivity index (χ1) is 9.79. The number of benzene rings is 1. The Kier molecular flexibility index (Phi) is 4.40. The number of primary sulfonamides is 1. The van der Waals surface area contributed by atoms with Gasteiger partial charge in [-0.2, -0.15) is 0 Å². The van der Waals surface area contributed by atoms with E-state index >= 15 is 0 Å². The summed E-state index contributed by atoms with van der Waals surface area (Å²) >= 11 is 1.51. The summed E-state index contributed by atoms with van der Waals surface area (Å²) in [5.41, 5.74) is 1.10. The lowest BCUT2D eigenvalue weighted by Crippen LogP contribution is -2.23. The lowest BCUT2D eigenvalue weighted by atomic mass is 10.2. The van der Waals surface area contributed by atoms with E-state index in [0.29, 0.717) is 6.54 Å². The summed E-state index contributed by atoms with van der Waals surface area (Å²) in [6, 6.07) is 5.00. The Morgan fingerprint density at radius 2 is 2.10 bits per heavy atom. The maximum Gasteiger partial charge on any atom is 0.251 e. The Hall–Kier alpha value is -1.77. The van der Waals surface area contributed by atoms with Gasteiger partial charge in [-0.3, -0.25) is 4.79 Å². The SMILES string of the molecule is Cc1ccsc1CNC(=O)c1ccc(S(N)(=O)=O)c(F)c1. The molecule has 112 valence electrons. The molecule has 0 saturated heterocycles. The molecule has 8 heteroatoms. The lowest BCUT2D eigenvalue weighted by Gasteiger charge is -2.06. The second-order valence-electron chi connectivity index (χ2n) is 4.40. The molecule has 0 spiro atoms. The number of thiophene rings is 1. The first-order valence-corrected chi connectivity index (χ1v) is 8.35. The average molecular weight is 328 g/mol. The first kappa shape index (κ1) is 15.6. The molecular formula is C13H13FN2O3S2. The van der Waals surface area contributed by atoms with Crippen LogP contribution in [0.25, 0.3) is 0 Å². The van der Waals surface area contributed by atoms with Crippen molar-refractivity contribution < 1.29 is 17.6 Å². The Morgan fingerprint density at radius 1 is 1.38 bits per heavy atom. The molecule has 2 aromatic rings. The fraction of sp³-hybridized carbons (Fsp3) is 0.154. The Labute approximate surface area is 125 Å². The third-order valence-electron chi connectivity index (χ3n) is 2.88. The van der Waals surface area contributed by atoms with E-state index in [1.165, 1.54) is 17.4 Å². The Balaban J connectivity index is 2.14. The Morgan fingerprint density at radius 3 is 2.62 bits per heavy atom. The smallest absolute Gasteiger partial charge is 0.251 e. The van der Waals surface area contributed by atoms with Crippen LogP contribution in [0, 0.1) is 12.7 Å². The second kappa shape index (κ2) is 5.92. The van der Waals surface area contributed by atoms with Crippen molar-refractivity contribution >= 4 is 27.3 Å². The molecule has 1 amide bonds. The zero-order valence-corrected chi connectivity index (χ0v) is 12.7. The van der Waals surface area contributed by atoms with Crippen LogP contribution in [0.2, 0.25) is 0 Å². The van der Waals surface area contributed by atoms with Gasteiger partial charge in [0.2, 0.25) is 10.0 Å². The minimum absolute atomic E-state index is 0.0362. The van der Waals surface area contributed by atoms with Gasteiger partial charge in [0.05, 0.1) is 6.54 Å². The van der Waals surface area contributed by atoms with Crippen LogP contribution in [0.5, 0.6) is 0 Å². The van der Waals surface area contributed by atoms with Crippen LogP contribution >= 0.6 is 11.3 Å². The highest BCUT2D eigenvalue weighted by Gasteiger charge is 2.16. The van der Waals surface area contributed by atoms with Gasteiger partial charge in [-0.15, -0.1) is 11.3 Å². The molecule has 5 nitrogen and oxygen atoms in total. The summed E-state index contributed by atoms with van der Waals surface area (Å²) in [4.78, 5) is 12.3. The standard InChI is InChI=1S/C13H13FN2O3S2/c1-8-4-5-20-11(8)7-16-13(17)9-2-3-12(10(14)6-9)21(15,18)19/h2-6H,7H2,1H3,(H,16,17)(H2,15,18,19). The largest absolute Gasteiger partial charge is 0.347 e. The molecule has 2 rings (SSSR count). The number of aryl methyl sites for hydroxylation is 1. The summed E-state index contributed by atoms with van der Waals surface area (Å²) in [6.45, 7) is 2.26. The third-order valence-corrected chi connectivity index (χ3v) is 4.85. The molecule has 0 unspecified atom stereocenters. The van der Waals surface area contributed by atoms with Crippen LogP contribution in [-0.4, -0.2) is 14.3 Å². The van der Waals surface area contributed by atoms with Crippen molar-refractivity contribution in [2.45, 2.75) is 18.4 Å². The van der Waals surface area contributed by atoms with Crippen LogP contribution in [0.1, 0.15) is 20.8 Å². The number of amides is 1. The quantitative estimate of drug-likeness (QED) is 0.896. The summed E-state index contributed by atoms with van der Waals surface area (Å²) in [5, 5.41) is 9.42. The normalized spacial score (nSPS) is 11.4. The van der Waals surface area contributed by atoms with Gasteiger partial charge in [-0.1, -0.05) is 0 Å². The van der Waals surface area contributed by atoms with Gasteiger partial charge < -0.3 is 5.32 Å². The van der Waals surface area contributed by atoms with Gasteiger partial charge in [-0.25, -0.2) is 17.9 Å². The average Bonchev–Trinajstić information content (AvgIpc) is 2.80. The minimum atomic E-state index is -4.13. The molecule has 0 fully saturated rings. The van der Waals surface area contributed by atoms with Crippen LogP contribution < -0.4 is 10.5 Å². The predicted molar refractivity (Wildman–Crippen MR) is 78.0 cm³/mol. The fourth-order valence-corrected chi connectivity index (χ4v) is 3.15. The maximum atomic E-state index is 13.6. The van der Waals surface area contributed by atoms with Crippen molar-refractivity contribution in [3.63, 3.8) is 0 Å². The molecule has 0 saturated carbocycles. The van der Waals surface area contributed by atoms with Crippen molar-refractivity contribution in [1.82, 2.24) is 5.32 Å². The number of sulfonamides is 1. The van der Waals surface area contributed by atoms with E-state index in [9.17, 15) is 17.6 Å². The van der Waals surface area contributed by atoms with Crippen LogP contribution in [0.4, 0.5) is 4.39 Å². The number of nitrogens with two attached hydrogens (primary N) is 1. The van der Waals surface area contributed by atoms with E-state index in [1.54, 1.807) is 0 Å². The Bertz CT molecular complexity index is 784. The number of rotatable bonds is 4. The second-order valence-corrected chi connectivity index (χ2v) is 6.93. The number of nitrogens with one attached hydrogen (secondary N) is 1. The van der Waals surface area contributed by atoms with E-state index in [0.717, 1.165) is 22.6 Å². The third kappa shape index (κ3) is 3.66. The van der Waals surface area contributed by atoms with Crippen LogP contribution in [0.15, 0.2) is 34.5 Å². The molecule has 0 aliphatic carbocycles. The summed E-state index contributed by atoms with van der Waals surface area (Å²) in [6.07, 6.45) is 0. The summed E-state index contributed by atoms with van der Waals surface area (Å²) < 4.78 is 35.8.